The second-order valence-electron chi connectivity index (χ2n) is 3.78. The molecule has 0 aliphatic carbocycles. The zero-order chi connectivity index (χ0) is 13.7. The number of pyridine rings is 2. The Bertz CT molecular complexity index is 572. The number of carbonyl (C=O) groups is 1. The van der Waals surface area contributed by atoms with Crippen molar-refractivity contribution >= 4 is 23.3 Å². The maximum atomic E-state index is 11.4. The molecular formula is C13H12ClN3O2. The molecule has 0 saturated heterocycles. The predicted octanol–water partition coefficient (Wildman–Crippen LogP) is 2.53. The van der Waals surface area contributed by atoms with E-state index in [9.17, 15) is 4.79 Å². The third-order valence-corrected chi connectivity index (χ3v) is 2.65. The van der Waals surface area contributed by atoms with Crippen molar-refractivity contribution in [3.05, 3.63) is 53.1 Å². The maximum absolute atomic E-state index is 11.4. The Balaban J connectivity index is 2.03. The quantitative estimate of drug-likeness (QED) is 0.870. The van der Waals surface area contributed by atoms with Crippen LogP contribution in [0.4, 0.5) is 5.69 Å². The van der Waals surface area contributed by atoms with E-state index in [2.05, 4.69) is 20.0 Å². The Morgan fingerprint density at radius 2 is 2.21 bits per heavy atom. The molecule has 0 aromatic carbocycles. The molecule has 2 aromatic rings. The van der Waals surface area contributed by atoms with Gasteiger partial charge in [-0.3, -0.25) is 9.97 Å². The van der Waals surface area contributed by atoms with Crippen LogP contribution in [0.5, 0.6) is 0 Å². The van der Waals surface area contributed by atoms with Crippen molar-refractivity contribution in [2.24, 2.45) is 0 Å². The number of nitrogens with one attached hydrogen (secondary N) is 1. The lowest BCUT2D eigenvalue weighted by Crippen LogP contribution is -2.05. The molecule has 0 spiro atoms. The van der Waals surface area contributed by atoms with Gasteiger partial charge in [-0.2, -0.15) is 0 Å². The summed E-state index contributed by atoms with van der Waals surface area (Å²) >= 11 is 5.76. The fraction of sp³-hybridized carbons (Fsp3) is 0.154. The van der Waals surface area contributed by atoms with Gasteiger partial charge >= 0.3 is 5.97 Å². The topological polar surface area (TPSA) is 64.1 Å². The maximum Gasteiger partial charge on any atom is 0.339 e. The number of rotatable bonds is 4. The smallest absolute Gasteiger partial charge is 0.339 e. The van der Waals surface area contributed by atoms with Crippen LogP contribution in [-0.4, -0.2) is 23.0 Å². The summed E-state index contributed by atoms with van der Waals surface area (Å²) in [5.41, 5.74) is 1.96. The molecule has 2 heterocycles. The highest BCUT2D eigenvalue weighted by atomic mass is 35.5. The number of esters is 1. The van der Waals surface area contributed by atoms with E-state index in [0.717, 1.165) is 11.4 Å². The van der Waals surface area contributed by atoms with Crippen LogP contribution in [0.15, 0.2) is 36.8 Å². The lowest BCUT2D eigenvalue weighted by atomic mass is 10.2. The Labute approximate surface area is 115 Å². The number of hydrogen-bond donors (Lipinski definition) is 1. The number of nitrogens with zero attached hydrogens (tertiary/aromatic N) is 2. The van der Waals surface area contributed by atoms with Gasteiger partial charge in [0, 0.05) is 18.6 Å². The van der Waals surface area contributed by atoms with E-state index in [1.165, 1.54) is 13.3 Å². The summed E-state index contributed by atoms with van der Waals surface area (Å²) in [4.78, 5) is 19.5. The van der Waals surface area contributed by atoms with Gasteiger partial charge in [0.2, 0.25) is 0 Å². The highest BCUT2D eigenvalue weighted by molar-refractivity contribution is 6.30. The van der Waals surface area contributed by atoms with Gasteiger partial charge in [0.25, 0.3) is 0 Å². The summed E-state index contributed by atoms with van der Waals surface area (Å²) in [6.45, 7) is 0.517. The van der Waals surface area contributed by atoms with E-state index < -0.39 is 5.97 Å². The number of methoxy groups -OCH3 is 1. The molecule has 0 amide bonds. The third-order valence-electron chi connectivity index (χ3n) is 2.42. The number of anilines is 1. The van der Waals surface area contributed by atoms with E-state index >= 15 is 0 Å². The molecule has 0 saturated carbocycles. The summed E-state index contributed by atoms with van der Waals surface area (Å²) in [6.07, 6.45) is 4.67. The van der Waals surface area contributed by atoms with Crippen molar-refractivity contribution in [1.29, 1.82) is 0 Å². The normalized spacial score (nSPS) is 10.0. The SMILES string of the molecule is COC(=O)c1cncc(NCc2ccc(Cl)cn2)c1. The fourth-order valence-corrected chi connectivity index (χ4v) is 1.58. The van der Waals surface area contributed by atoms with Crippen LogP contribution in [0.1, 0.15) is 16.1 Å². The highest BCUT2D eigenvalue weighted by Gasteiger charge is 2.06. The minimum Gasteiger partial charge on any atom is -0.465 e. The van der Waals surface area contributed by atoms with Gasteiger partial charge in [-0.05, 0) is 18.2 Å². The lowest BCUT2D eigenvalue weighted by molar-refractivity contribution is 0.0600. The number of hydrogen-bond acceptors (Lipinski definition) is 5. The van der Waals surface area contributed by atoms with Gasteiger partial charge in [0.1, 0.15) is 0 Å². The van der Waals surface area contributed by atoms with E-state index in [0.29, 0.717) is 17.1 Å². The molecule has 0 bridgehead atoms. The van der Waals surface area contributed by atoms with Gasteiger partial charge in [-0.25, -0.2) is 4.79 Å². The Morgan fingerprint density at radius 3 is 2.89 bits per heavy atom. The van der Waals surface area contributed by atoms with Gasteiger partial charge in [-0.15, -0.1) is 0 Å². The molecular weight excluding hydrogens is 266 g/mol. The van der Waals surface area contributed by atoms with Gasteiger partial charge in [0.05, 0.1) is 35.6 Å². The zero-order valence-corrected chi connectivity index (χ0v) is 11.0. The number of ether oxygens (including phenoxy) is 1. The first-order valence-corrected chi connectivity index (χ1v) is 5.94. The zero-order valence-electron chi connectivity index (χ0n) is 10.3. The first-order chi connectivity index (χ1) is 9.19. The Morgan fingerprint density at radius 1 is 1.37 bits per heavy atom. The molecule has 0 unspecified atom stereocenters. The summed E-state index contributed by atoms with van der Waals surface area (Å²) < 4.78 is 4.63. The van der Waals surface area contributed by atoms with Crippen LogP contribution in [0, 0.1) is 0 Å². The van der Waals surface area contributed by atoms with Crippen molar-refractivity contribution in [3.8, 4) is 0 Å². The molecule has 0 aliphatic rings. The lowest BCUT2D eigenvalue weighted by Gasteiger charge is -2.06. The first kappa shape index (κ1) is 13.3. The molecule has 0 fully saturated rings. The van der Waals surface area contributed by atoms with Crippen LogP contribution in [0.25, 0.3) is 0 Å². The molecule has 5 nitrogen and oxygen atoms in total. The summed E-state index contributed by atoms with van der Waals surface area (Å²) in [7, 11) is 1.33. The molecule has 0 radical (unpaired) electrons. The van der Waals surface area contributed by atoms with Gasteiger partial charge < -0.3 is 10.1 Å². The summed E-state index contributed by atoms with van der Waals surface area (Å²) in [5, 5.41) is 3.72. The molecule has 6 heteroatoms. The Hall–Kier alpha value is -2.14. The number of halogens is 1. The van der Waals surface area contributed by atoms with Crippen LogP contribution in [0.3, 0.4) is 0 Å². The van der Waals surface area contributed by atoms with Crippen LogP contribution >= 0.6 is 11.6 Å². The highest BCUT2D eigenvalue weighted by Crippen LogP contribution is 2.11. The number of carbonyl (C=O) groups excluding carboxylic acids is 1. The van der Waals surface area contributed by atoms with E-state index in [1.54, 1.807) is 24.5 Å². The molecule has 98 valence electrons. The second kappa shape index (κ2) is 6.15. The summed E-state index contributed by atoms with van der Waals surface area (Å²) in [5.74, 6) is -0.416. The molecule has 19 heavy (non-hydrogen) atoms. The minimum atomic E-state index is -0.416. The average molecular weight is 278 g/mol. The predicted molar refractivity (Wildman–Crippen MR) is 72.2 cm³/mol. The van der Waals surface area contributed by atoms with Crippen molar-refractivity contribution in [2.45, 2.75) is 6.54 Å². The second-order valence-corrected chi connectivity index (χ2v) is 4.21. The first-order valence-electron chi connectivity index (χ1n) is 5.56. The average Bonchev–Trinajstić information content (AvgIpc) is 2.46. The fourth-order valence-electron chi connectivity index (χ4n) is 1.47. The van der Waals surface area contributed by atoms with Gasteiger partial charge in [-0.1, -0.05) is 11.6 Å². The van der Waals surface area contributed by atoms with E-state index in [-0.39, 0.29) is 0 Å². The van der Waals surface area contributed by atoms with Crippen molar-refractivity contribution < 1.29 is 9.53 Å². The number of aromatic nitrogens is 2. The van der Waals surface area contributed by atoms with Gasteiger partial charge in [0.15, 0.2) is 0 Å². The monoisotopic (exact) mass is 277 g/mol. The Kier molecular flexibility index (Phi) is 4.30. The third kappa shape index (κ3) is 3.66. The molecule has 1 N–H and O–H groups in total. The van der Waals surface area contributed by atoms with Crippen molar-refractivity contribution in [2.75, 3.05) is 12.4 Å². The van der Waals surface area contributed by atoms with Crippen LogP contribution in [-0.2, 0) is 11.3 Å². The van der Waals surface area contributed by atoms with Crippen molar-refractivity contribution in [1.82, 2.24) is 9.97 Å². The summed E-state index contributed by atoms with van der Waals surface area (Å²) in [6, 6.07) is 5.27. The largest absolute Gasteiger partial charge is 0.465 e. The molecule has 0 aliphatic heterocycles. The molecule has 0 atom stereocenters. The molecule has 2 rings (SSSR count). The van der Waals surface area contributed by atoms with E-state index in [4.69, 9.17) is 11.6 Å². The molecule has 2 aromatic heterocycles. The van der Waals surface area contributed by atoms with Crippen molar-refractivity contribution in [3.63, 3.8) is 0 Å². The van der Waals surface area contributed by atoms with E-state index in [1.807, 2.05) is 6.07 Å². The van der Waals surface area contributed by atoms with Crippen LogP contribution in [0.2, 0.25) is 5.02 Å². The van der Waals surface area contributed by atoms with Crippen LogP contribution < -0.4 is 5.32 Å². The minimum absolute atomic E-state index is 0.400. The standard InChI is InChI=1S/C13H12ClN3O2/c1-19-13(18)9-4-12(7-15-5-9)17-8-11-3-2-10(14)6-16-11/h2-7,17H,8H2,1H3.